The van der Waals surface area contributed by atoms with E-state index >= 15 is 0 Å². The van der Waals surface area contributed by atoms with Crippen LogP contribution in [-0.4, -0.2) is 39.7 Å². The van der Waals surface area contributed by atoms with Gasteiger partial charge in [0.15, 0.2) is 11.5 Å². The molecule has 2 N–H and O–H groups in total. The molecule has 1 unspecified atom stereocenters. The van der Waals surface area contributed by atoms with Gasteiger partial charge in [-0.15, -0.1) is 0 Å². The van der Waals surface area contributed by atoms with E-state index in [1.54, 1.807) is 30.3 Å². The normalized spacial score (nSPS) is 14.9. The van der Waals surface area contributed by atoms with Crippen LogP contribution in [0.15, 0.2) is 71.6 Å². The van der Waals surface area contributed by atoms with Gasteiger partial charge in [-0.2, -0.15) is 0 Å². The Kier molecular flexibility index (Phi) is 6.22. The smallest absolute Gasteiger partial charge is 0.270 e. The van der Waals surface area contributed by atoms with Gasteiger partial charge in [0.1, 0.15) is 23.4 Å². The fourth-order valence-corrected chi connectivity index (χ4v) is 4.58. The predicted molar refractivity (Wildman–Crippen MR) is 122 cm³/mol. The fourth-order valence-electron chi connectivity index (χ4n) is 3.31. The van der Waals surface area contributed by atoms with Crippen molar-refractivity contribution in [3.63, 3.8) is 0 Å². The molecule has 0 aromatic heterocycles. The largest absolute Gasteiger partial charge is 0.495 e. The third-order valence-electron chi connectivity index (χ3n) is 4.90. The maximum absolute atomic E-state index is 13.2. The van der Waals surface area contributed by atoms with Crippen LogP contribution in [0.4, 0.5) is 17.1 Å². The zero-order valence-corrected chi connectivity index (χ0v) is 18.4. The molecule has 0 saturated carbocycles. The number of fused-ring (bicyclic) bond motifs is 1. The molecule has 3 aromatic rings. The Labute approximate surface area is 190 Å². The van der Waals surface area contributed by atoms with E-state index in [-0.39, 0.29) is 35.1 Å². The van der Waals surface area contributed by atoms with Crippen molar-refractivity contribution in [1.29, 1.82) is 0 Å². The van der Waals surface area contributed by atoms with Crippen molar-refractivity contribution in [2.24, 2.45) is 0 Å². The average Bonchev–Trinajstić information content (AvgIpc) is 2.82. The number of hydrogen-bond donors (Lipinski definition) is 2. The lowest BCUT2D eigenvalue weighted by Crippen LogP contribution is -2.35. The Morgan fingerprint density at radius 3 is 2.55 bits per heavy atom. The van der Waals surface area contributed by atoms with E-state index in [0.29, 0.717) is 17.2 Å². The molecule has 1 atom stereocenters. The minimum absolute atomic E-state index is 0.186. The second-order valence-corrected chi connectivity index (χ2v) is 8.77. The highest BCUT2D eigenvalue weighted by Crippen LogP contribution is 2.33. The van der Waals surface area contributed by atoms with E-state index in [9.17, 15) is 18.5 Å². The summed E-state index contributed by atoms with van der Waals surface area (Å²) in [5.74, 6) is 1.53. The number of nitro benzene ring substituents is 1. The summed E-state index contributed by atoms with van der Waals surface area (Å²) in [6.45, 7) is 0.474. The van der Waals surface area contributed by atoms with E-state index in [0.717, 1.165) is 6.07 Å². The number of methoxy groups -OCH3 is 1. The number of anilines is 2. The van der Waals surface area contributed by atoms with Gasteiger partial charge in [-0.3, -0.25) is 14.8 Å². The molecule has 11 heteroatoms. The van der Waals surface area contributed by atoms with Crippen molar-refractivity contribution in [3.05, 3.63) is 76.8 Å². The number of para-hydroxylation sites is 4. The second kappa shape index (κ2) is 9.25. The highest BCUT2D eigenvalue weighted by Gasteiger charge is 2.26. The molecule has 1 aliphatic rings. The highest BCUT2D eigenvalue weighted by atomic mass is 32.2. The number of hydrogen-bond acceptors (Lipinski definition) is 8. The van der Waals surface area contributed by atoms with Crippen LogP contribution in [-0.2, 0) is 10.0 Å². The van der Waals surface area contributed by atoms with Gasteiger partial charge in [0.2, 0.25) is 0 Å². The molecule has 172 valence electrons. The first kappa shape index (κ1) is 22.2. The Bertz CT molecular complexity index is 1280. The summed E-state index contributed by atoms with van der Waals surface area (Å²) in [4.78, 5) is 10.4. The van der Waals surface area contributed by atoms with Gasteiger partial charge in [0, 0.05) is 12.1 Å². The number of non-ortho nitro benzene ring substituents is 1. The number of rotatable bonds is 8. The van der Waals surface area contributed by atoms with Crippen LogP contribution in [0, 0.1) is 10.1 Å². The van der Waals surface area contributed by atoms with Gasteiger partial charge < -0.3 is 19.5 Å². The van der Waals surface area contributed by atoms with Gasteiger partial charge in [-0.1, -0.05) is 24.3 Å². The van der Waals surface area contributed by atoms with Gasteiger partial charge in [-0.25, -0.2) is 8.42 Å². The quantitative estimate of drug-likeness (QED) is 0.376. The molecular weight excluding hydrogens is 450 g/mol. The number of ether oxygens (including phenoxy) is 3. The third-order valence-corrected chi connectivity index (χ3v) is 6.31. The van der Waals surface area contributed by atoms with E-state index in [1.807, 2.05) is 12.1 Å². The summed E-state index contributed by atoms with van der Waals surface area (Å²) in [5.41, 5.74) is 0.0377. The van der Waals surface area contributed by atoms with E-state index in [2.05, 4.69) is 10.0 Å². The summed E-state index contributed by atoms with van der Waals surface area (Å²) < 4.78 is 45.6. The van der Waals surface area contributed by atoms with Gasteiger partial charge in [0.25, 0.3) is 15.7 Å². The molecule has 10 nitrogen and oxygen atoms in total. The van der Waals surface area contributed by atoms with Crippen LogP contribution >= 0.6 is 0 Å². The first-order chi connectivity index (χ1) is 15.9. The highest BCUT2D eigenvalue weighted by molar-refractivity contribution is 7.93. The van der Waals surface area contributed by atoms with Crippen molar-refractivity contribution >= 4 is 27.1 Å². The Morgan fingerprint density at radius 2 is 1.79 bits per heavy atom. The minimum atomic E-state index is -4.20. The van der Waals surface area contributed by atoms with Gasteiger partial charge >= 0.3 is 0 Å². The lowest BCUT2D eigenvalue weighted by atomic mass is 10.2. The predicted octanol–water partition coefficient (Wildman–Crippen LogP) is 3.66. The van der Waals surface area contributed by atoms with Crippen LogP contribution in [0.3, 0.4) is 0 Å². The first-order valence-corrected chi connectivity index (χ1v) is 11.4. The second-order valence-electron chi connectivity index (χ2n) is 7.12. The molecule has 4 rings (SSSR count). The zero-order valence-electron chi connectivity index (χ0n) is 17.6. The molecule has 33 heavy (non-hydrogen) atoms. The maximum atomic E-state index is 13.2. The van der Waals surface area contributed by atoms with E-state index < -0.39 is 21.1 Å². The molecule has 0 spiro atoms. The van der Waals surface area contributed by atoms with E-state index in [4.69, 9.17) is 14.2 Å². The summed E-state index contributed by atoms with van der Waals surface area (Å²) in [6.07, 6.45) is -0.396. The Hall–Kier alpha value is -3.99. The molecule has 0 amide bonds. The topological polar surface area (TPSA) is 129 Å². The van der Waals surface area contributed by atoms with Gasteiger partial charge in [-0.05, 0) is 30.3 Å². The van der Waals surface area contributed by atoms with Crippen molar-refractivity contribution in [3.8, 4) is 17.2 Å². The fraction of sp³-hybridized carbons (Fsp3) is 0.182. The van der Waals surface area contributed by atoms with Crippen molar-refractivity contribution in [2.45, 2.75) is 11.0 Å². The monoisotopic (exact) mass is 471 g/mol. The lowest BCUT2D eigenvalue weighted by molar-refractivity contribution is -0.385. The molecule has 0 saturated heterocycles. The number of sulfonamides is 1. The molecular formula is C22H21N3O7S. The molecule has 3 aromatic carbocycles. The van der Waals surface area contributed by atoms with Gasteiger partial charge in [0.05, 0.1) is 30.0 Å². The van der Waals surface area contributed by atoms with Crippen LogP contribution in [0.25, 0.3) is 0 Å². The Balaban J connectivity index is 1.59. The SMILES string of the molecule is COc1ccccc1NS(=O)(=O)c1cc([N+](=O)[O-])ccc1NCC1COc2ccccc2O1. The van der Waals surface area contributed by atoms with Crippen LogP contribution in [0.1, 0.15) is 0 Å². The Morgan fingerprint density at radius 1 is 1.06 bits per heavy atom. The maximum Gasteiger partial charge on any atom is 0.270 e. The standard InChI is InChI=1S/C22H21N3O7S/c1-30-19-7-3-2-6-17(19)24-33(28,29)22-12-15(25(26)27)10-11-18(22)23-13-16-14-31-20-8-4-5-9-21(20)32-16/h2-12,16,23-24H,13-14H2,1H3. The van der Waals surface area contributed by atoms with Crippen LogP contribution < -0.4 is 24.2 Å². The summed E-state index contributed by atoms with van der Waals surface area (Å²) in [7, 11) is -2.79. The molecule has 0 radical (unpaired) electrons. The van der Waals surface area contributed by atoms with E-state index in [1.165, 1.54) is 25.3 Å². The van der Waals surface area contributed by atoms with Crippen molar-refractivity contribution in [2.75, 3.05) is 30.3 Å². The number of nitrogens with one attached hydrogen (secondary N) is 2. The molecule has 1 aliphatic heterocycles. The zero-order chi connectivity index (χ0) is 23.4. The molecule has 0 fully saturated rings. The summed E-state index contributed by atoms with van der Waals surface area (Å²) >= 11 is 0. The summed E-state index contributed by atoms with van der Waals surface area (Å²) in [6, 6.07) is 17.3. The van der Waals surface area contributed by atoms with Crippen molar-refractivity contribution < 1.29 is 27.6 Å². The van der Waals surface area contributed by atoms with Crippen LogP contribution in [0.5, 0.6) is 17.2 Å². The average molecular weight is 471 g/mol. The number of benzene rings is 3. The minimum Gasteiger partial charge on any atom is -0.495 e. The third kappa shape index (κ3) is 4.93. The summed E-state index contributed by atoms with van der Waals surface area (Å²) in [5, 5.41) is 14.3. The molecule has 1 heterocycles. The van der Waals surface area contributed by atoms with Crippen LogP contribution in [0.2, 0.25) is 0 Å². The lowest BCUT2D eigenvalue weighted by Gasteiger charge is -2.27. The molecule has 0 bridgehead atoms. The number of nitro groups is 1. The molecule has 0 aliphatic carbocycles. The number of nitrogens with zero attached hydrogens (tertiary/aromatic N) is 1. The first-order valence-electron chi connectivity index (χ1n) is 9.94. The van der Waals surface area contributed by atoms with Crippen molar-refractivity contribution in [1.82, 2.24) is 0 Å².